The number of hydrogen-bond donors (Lipinski definition) is 0. The van der Waals surface area contributed by atoms with E-state index in [1.165, 1.54) is 0 Å². The summed E-state index contributed by atoms with van der Waals surface area (Å²) in [6, 6.07) is 0. The molecule has 0 amide bonds. The molecular weight excluding hydrogens is 139 g/mol. The molecule has 0 spiro atoms. The molecule has 0 N–H and O–H groups in total. The summed E-state index contributed by atoms with van der Waals surface area (Å²) >= 11 is 2.31. The standard InChI is InChI=1S/C2H3O.C2H5.Co.O/c1-2-3;1-2;;/h2H,1H2;1H2,2H3;;/q2*-1;;. The first-order valence-corrected chi connectivity index (χ1v) is 1.91. The van der Waals surface area contributed by atoms with Crippen LogP contribution in [0.2, 0.25) is 0 Å². The molecule has 0 atom stereocenters. The van der Waals surface area contributed by atoms with E-state index in [1.54, 1.807) is 6.92 Å². The third-order valence-electron chi connectivity index (χ3n) is 0. The van der Waals surface area contributed by atoms with E-state index in [-0.39, 0.29) is 0 Å². The first-order chi connectivity index (χ1) is 3.41. The van der Waals surface area contributed by atoms with Crippen LogP contribution in [-0.4, -0.2) is 6.29 Å². The molecule has 0 saturated carbocycles. The van der Waals surface area contributed by atoms with Crippen LogP contribution in [0.5, 0.6) is 0 Å². The van der Waals surface area contributed by atoms with Crippen molar-refractivity contribution in [1.82, 2.24) is 0 Å². The molecule has 7 heavy (non-hydrogen) atoms. The minimum atomic E-state index is 0.500. The van der Waals surface area contributed by atoms with Crippen LogP contribution in [0.1, 0.15) is 6.92 Å². The van der Waals surface area contributed by atoms with Gasteiger partial charge in [-0.1, -0.05) is 0 Å². The Morgan fingerprint density at radius 1 is 1.43 bits per heavy atom. The Hall–Kier alpha value is -0.154. The molecule has 0 bridgehead atoms. The van der Waals surface area contributed by atoms with Crippen LogP contribution in [-0.2, 0) is 24.3 Å². The molecule has 0 aliphatic heterocycles. The summed E-state index contributed by atoms with van der Waals surface area (Å²) < 4.78 is 7.94. The fourth-order valence-electron chi connectivity index (χ4n) is 0. The average molecular weight is 147 g/mol. The molecule has 0 aliphatic rings. The van der Waals surface area contributed by atoms with E-state index in [1.807, 2.05) is 0 Å². The summed E-state index contributed by atoms with van der Waals surface area (Å²) in [6.45, 7) is 7.81. The summed E-state index contributed by atoms with van der Waals surface area (Å²) in [4.78, 5) is 8.69. The van der Waals surface area contributed by atoms with Gasteiger partial charge in [0, 0.05) is 0 Å². The van der Waals surface area contributed by atoms with Crippen molar-refractivity contribution >= 4 is 6.29 Å². The van der Waals surface area contributed by atoms with E-state index in [0.29, 0.717) is 6.29 Å². The third kappa shape index (κ3) is 3670. The van der Waals surface area contributed by atoms with Crippen molar-refractivity contribution in [2.24, 2.45) is 0 Å². The molecule has 2 nitrogen and oxygen atoms in total. The van der Waals surface area contributed by atoms with Gasteiger partial charge in [0.25, 0.3) is 0 Å². The quantitative estimate of drug-likeness (QED) is 0.374. The van der Waals surface area contributed by atoms with Crippen LogP contribution in [0, 0.1) is 13.8 Å². The molecule has 0 radical (unpaired) electrons. The predicted octanol–water partition coefficient (Wildman–Crippen LogP) is 0.738. The summed E-state index contributed by atoms with van der Waals surface area (Å²) in [5.74, 6) is 0. The maximum atomic E-state index is 8.69. The Labute approximate surface area is 52.1 Å². The zero-order valence-corrected chi connectivity index (χ0v) is 5.18. The van der Waals surface area contributed by atoms with Crippen molar-refractivity contribution in [2.45, 2.75) is 6.92 Å². The Morgan fingerprint density at radius 3 is 1.43 bits per heavy atom. The Bertz CT molecular complexity index is 23.7. The van der Waals surface area contributed by atoms with E-state index in [2.05, 4.69) is 29.5 Å². The van der Waals surface area contributed by atoms with Crippen LogP contribution >= 0.6 is 0 Å². The minimum absolute atomic E-state index is 0.500. The molecule has 0 aliphatic carbocycles. The van der Waals surface area contributed by atoms with Crippen molar-refractivity contribution in [2.75, 3.05) is 0 Å². The number of aldehydes is 1. The fourth-order valence-corrected chi connectivity index (χ4v) is 0. The molecule has 47 valence electrons. The molecule has 0 saturated heterocycles. The van der Waals surface area contributed by atoms with E-state index < -0.39 is 0 Å². The van der Waals surface area contributed by atoms with Gasteiger partial charge in [0.1, 0.15) is 0 Å². The second kappa shape index (κ2) is 192. The number of carbonyl (C=O) groups excluding carboxylic acids is 1. The van der Waals surface area contributed by atoms with Gasteiger partial charge in [-0.15, -0.1) is 0 Å². The molecule has 0 fully saturated rings. The third-order valence-corrected chi connectivity index (χ3v) is 0. The van der Waals surface area contributed by atoms with Gasteiger partial charge in [-0.25, -0.2) is 0 Å². The van der Waals surface area contributed by atoms with E-state index in [0.717, 1.165) is 0 Å². The Morgan fingerprint density at radius 2 is 1.43 bits per heavy atom. The average Bonchev–Trinajstić information content (AvgIpc) is 1.78. The number of carbonyl (C=O) groups is 1. The fraction of sp³-hybridized carbons (Fsp3) is 0.250. The Balaban J connectivity index is -0.0000000360. The van der Waals surface area contributed by atoms with Crippen LogP contribution in [0.3, 0.4) is 0 Å². The molecule has 0 heterocycles. The second-order valence-electron chi connectivity index (χ2n) is 0.167. The van der Waals surface area contributed by atoms with Crippen molar-refractivity contribution < 1.29 is 24.3 Å². The predicted molar refractivity (Wildman–Crippen MR) is 23.1 cm³/mol. The van der Waals surface area contributed by atoms with Gasteiger partial charge in [-0.3, -0.25) is 0 Å². The number of hydrogen-bond acceptors (Lipinski definition) is 2. The monoisotopic (exact) mass is 147 g/mol. The molecule has 0 aromatic heterocycles. The van der Waals surface area contributed by atoms with Gasteiger partial charge < -0.3 is 18.6 Å². The topological polar surface area (TPSA) is 34.1 Å². The second-order valence-corrected chi connectivity index (χ2v) is 0.167. The van der Waals surface area contributed by atoms with Crippen molar-refractivity contribution in [3.63, 3.8) is 0 Å². The van der Waals surface area contributed by atoms with Crippen LogP contribution in [0.4, 0.5) is 0 Å². The maximum absolute atomic E-state index is 8.69. The summed E-state index contributed by atoms with van der Waals surface area (Å²) in [5, 5.41) is 0. The summed E-state index contributed by atoms with van der Waals surface area (Å²) in [6.07, 6.45) is 0.500. The van der Waals surface area contributed by atoms with Gasteiger partial charge in [0.15, 0.2) is 0 Å². The van der Waals surface area contributed by atoms with Crippen LogP contribution in [0.25, 0.3) is 0 Å². The van der Waals surface area contributed by atoms with Gasteiger partial charge in [0.2, 0.25) is 0 Å². The summed E-state index contributed by atoms with van der Waals surface area (Å²) in [7, 11) is 0. The normalized spacial score (nSPS) is 3.29. The van der Waals surface area contributed by atoms with Crippen molar-refractivity contribution in [3.05, 3.63) is 13.8 Å². The van der Waals surface area contributed by atoms with E-state index in [4.69, 9.17) is 8.66 Å². The first-order valence-electron chi connectivity index (χ1n) is 1.49. The summed E-state index contributed by atoms with van der Waals surface area (Å²) in [5.41, 5.74) is 0. The zero-order valence-electron chi connectivity index (χ0n) is 4.14. The molecule has 0 unspecified atom stereocenters. The molecular formula is C4H8CoO2-2. The van der Waals surface area contributed by atoms with Crippen molar-refractivity contribution in [3.8, 4) is 0 Å². The Kier molecular flexibility index (Phi) is 433. The van der Waals surface area contributed by atoms with Gasteiger partial charge in [-0.05, 0) is 6.29 Å². The zero-order chi connectivity index (χ0) is 6.71. The van der Waals surface area contributed by atoms with Crippen LogP contribution < -0.4 is 0 Å². The van der Waals surface area contributed by atoms with E-state index >= 15 is 0 Å². The van der Waals surface area contributed by atoms with Gasteiger partial charge in [-0.2, -0.15) is 6.92 Å². The molecule has 0 aromatic rings. The van der Waals surface area contributed by atoms with Gasteiger partial charge in [0.05, 0.1) is 0 Å². The first kappa shape index (κ1) is 15.8. The van der Waals surface area contributed by atoms with Gasteiger partial charge >= 0.3 is 19.5 Å². The molecule has 0 aromatic carbocycles. The molecule has 3 heteroatoms. The van der Waals surface area contributed by atoms with Crippen molar-refractivity contribution in [1.29, 1.82) is 0 Å². The van der Waals surface area contributed by atoms with E-state index in [9.17, 15) is 0 Å². The molecule has 0 rings (SSSR count). The number of rotatable bonds is 0. The van der Waals surface area contributed by atoms with Crippen LogP contribution in [0.15, 0.2) is 0 Å². The SMILES string of the molecule is [CH2-]C.[CH2-]C=O.[O]=[Co].